The van der Waals surface area contributed by atoms with Gasteiger partial charge >= 0.3 is 0 Å². The van der Waals surface area contributed by atoms with Crippen LogP contribution in [0.3, 0.4) is 0 Å². The van der Waals surface area contributed by atoms with Crippen LogP contribution in [0.5, 0.6) is 0 Å². The molecule has 19 heavy (non-hydrogen) atoms. The van der Waals surface area contributed by atoms with Gasteiger partial charge in [0, 0.05) is 43.7 Å². The van der Waals surface area contributed by atoms with Crippen molar-refractivity contribution >= 4 is 0 Å². The van der Waals surface area contributed by atoms with Crippen LogP contribution >= 0.6 is 0 Å². The molecular weight excluding hydrogens is 236 g/mol. The van der Waals surface area contributed by atoms with E-state index in [1.54, 1.807) is 0 Å². The van der Waals surface area contributed by atoms with E-state index in [1.165, 1.54) is 45.2 Å². The van der Waals surface area contributed by atoms with Crippen LogP contribution in [0.25, 0.3) is 0 Å². The topological polar surface area (TPSA) is 24.5 Å². The first-order valence-electron chi connectivity index (χ1n) is 8.22. The molecule has 0 radical (unpaired) electrons. The molecule has 3 rings (SSSR count). The van der Waals surface area contributed by atoms with Gasteiger partial charge in [0.2, 0.25) is 0 Å². The molecule has 3 aliphatic rings. The van der Waals surface area contributed by atoms with Gasteiger partial charge < -0.3 is 10.1 Å². The average molecular weight is 266 g/mol. The lowest BCUT2D eigenvalue weighted by Crippen LogP contribution is -2.50. The summed E-state index contributed by atoms with van der Waals surface area (Å²) >= 11 is 0. The van der Waals surface area contributed by atoms with Crippen molar-refractivity contribution in [1.82, 2.24) is 10.2 Å². The third-order valence-corrected chi connectivity index (χ3v) is 5.20. The molecule has 3 nitrogen and oxygen atoms in total. The Morgan fingerprint density at radius 3 is 2.74 bits per heavy atom. The zero-order valence-corrected chi connectivity index (χ0v) is 12.7. The van der Waals surface area contributed by atoms with Gasteiger partial charge in [-0.15, -0.1) is 0 Å². The first kappa shape index (κ1) is 13.8. The fourth-order valence-corrected chi connectivity index (χ4v) is 3.92. The summed E-state index contributed by atoms with van der Waals surface area (Å²) in [7, 11) is 0. The Morgan fingerprint density at radius 2 is 2.16 bits per heavy atom. The Bertz CT molecular complexity index is 297. The van der Waals surface area contributed by atoms with Crippen molar-refractivity contribution in [3.05, 3.63) is 0 Å². The smallest absolute Gasteiger partial charge is 0.0546 e. The summed E-state index contributed by atoms with van der Waals surface area (Å²) in [4.78, 5) is 2.72. The second-order valence-corrected chi connectivity index (χ2v) is 7.43. The Balaban J connectivity index is 1.60. The molecule has 1 saturated carbocycles. The standard InChI is InChI=1S/C16H30N2O/c1-13-8-14(2)18(9-13)11-16(6-3-7-19-12-16)10-17-15-4-5-15/h13-15,17H,3-12H2,1-2H3. The lowest BCUT2D eigenvalue weighted by atomic mass is 9.81. The molecule has 3 heteroatoms. The minimum absolute atomic E-state index is 0.374. The van der Waals surface area contributed by atoms with E-state index in [4.69, 9.17) is 4.74 Å². The Kier molecular flexibility index (Phi) is 4.16. The van der Waals surface area contributed by atoms with Crippen molar-refractivity contribution < 1.29 is 4.74 Å². The van der Waals surface area contributed by atoms with Crippen molar-refractivity contribution in [1.29, 1.82) is 0 Å². The van der Waals surface area contributed by atoms with Gasteiger partial charge in [-0.2, -0.15) is 0 Å². The van der Waals surface area contributed by atoms with Crippen LogP contribution in [0.1, 0.15) is 46.0 Å². The molecule has 0 spiro atoms. The number of nitrogens with zero attached hydrogens (tertiary/aromatic N) is 1. The van der Waals surface area contributed by atoms with Crippen LogP contribution in [-0.4, -0.2) is 49.8 Å². The normalized spacial score (nSPS) is 40.7. The Hall–Kier alpha value is -0.120. The van der Waals surface area contributed by atoms with Gasteiger partial charge in [-0.25, -0.2) is 0 Å². The van der Waals surface area contributed by atoms with Crippen molar-refractivity contribution in [3.63, 3.8) is 0 Å². The predicted molar refractivity (Wildman–Crippen MR) is 78.3 cm³/mol. The highest BCUT2D eigenvalue weighted by Crippen LogP contribution is 2.34. The molecule has 110 valence electrons. The lowest BCUT2D eigenvalue weighted by molar-refractivity contribution is -0.0277. The fraction of sp³-hybridized carbons (Fsp3) is 1.00. The van der Waals surface area contributed by atoms with Crippen molar-refractivity contribution in [2.24, 2.45) is 11.3 Å². The van der Waals surface area contributed by atoms with Gasteiger partial charge in [0.25, 0.3) is 0 Å². The highest BCUT2D eigenvalue weighted by molar-refractivity contribution is 4.93. The van der Waals surface area contributed by atoms with Gasteiger partial charge in [0.15, 0.2) is 0 Å². The summed E-state index contributed by atoms with van der Waals surface area (Å²) in [6, 6.07) is 1.57. The van der Waals surface area contributed by atoms with Crippen molar-refractivity contribution in [2.75, 3.05) is 32.8 Å². The van der Waals surface area contributed by atoms with E-state index < -0.39 is 0 Å². The van der Waals surface area contributed by atoms with E-state index in [-0.39, 0.29) is 0 Å². The summed E-state index contributed by atoms with van der Waals surface area (Å²) in [6.45, 7) is 10.4. The van der Waals surface area contributed by atoms with Crippen LogP contribution < -0.4 is 5.32 Å². The average Bonchev–Trinajstić information content (AvgIpc) is 3.16. The first-order chi connectivity index (χ1) is 9.17. The van der Waals surface area contributed by atoms with Gasteiger partial charge in [0.1, 0.15) is 0 Å². The van der Waals surface area contributed by atoms with Crippen LogP contribution in [-0.2, 0) is 4.74 Å². The molecule has 0 aromatic carbocycles. The Morgan fingerprint density at radius 1 is 1.32 bits per heavy atom. The highest BCUT2D eigenvalue weighted by atomic mass is 16.5. The maximum Gasteiger partial charge on any atom is 0.0546 e. The summed E-state index contributed by atoms with van der Waals surface area (Å²) in [6.07, 6.45) is 6.71. The second kappa shape index (κ2) is 5.71. The maximum atomic E-state index is 5.84. The number of hydrogen-bond acceptors (Lipinski definition) is 3. The largest absolute Gasteiger partial charge is 0.381 e. The monoisotopic (exact) mass is 266 g/mol. The van der Waals surface area contributed by atoms with Gasteiger partial charge in [-0.05, 0) is 44.9 Å². The zero-order chi connectivity index (χ0) is 13.3. The summed E-state index contributed by atoms with van der Waals surface area (Å²) < 4.78 is 5.84. The molecule has 2 heterocycles. The third kappa shape index (κ3) is 3.50. The molecular formula is C16H30N2O. The van der Waals surface area contributed by atoms with Gasteiger partial charge in [-0.3, -0.25) is 4.90 Å². The molecule has 3 atom stereocenters. The van der Waals surface area contributed by atoms with E-state index in [2.05, 4.69) is 24.1 Å². The maximum absolute atomic E-state index is 5.84. The number of nitrogens with one attached hydrogen (secondary N) is 1. The van der Waals surface area contributed by atoms with Crippen LogP contribution in [0.4, 0.5) is 0 Å². The lowest BCUT2D eigenvalue weighted by Gasteiger charge is -2.41. The molecule has 2 saturated heterocycles. The van der Waals surface area contributed by atoms with E-state index >= 15 is 0 Å². The number of likely N-dealkylation sites (tertiary alicyclic amines) is 1. The van der Waals surface area contributed by atoms with Crippen LogP contribution in [0, 0.1) is 11.3 Å². The summed E-state index contributed by atoms with van der Waals surface area (Å²) in [5.41, 5.74) is 0.374. The molecule has 0 aromatic rings. The summed E-state index contributed by atoms with van der Waals surface area (Å²) in [5.74, 6) is 0.868. The van der Waals surface area contributed by atoms with Crippen LogP contribution in [0.15, 0.2) is 0 Å². The third-order valence-electron chi connectivity index (χ3n) is 5.20. The predicted octanol–water partition coefficient (Wildman–Crippen LogP) is 2.27. The highest BCUT2D eigenvalue weighted by Gasteiger charge is 2.39. The van der Waals surface area contributed by atoms with Crippen LogP contribution in [0.2, 0.25) is 0 Å². The van der Waals surface area contributed by atoms with Crippen molar-refractivity contribution in [3.8, 4) is 0 Å². The SMILES string of the molecule is CC1CC(C)N(CC2(CNC3CC3)CCCOC2)C1. The number of ether oxygens (including phenoxy) is 1. The molecule has 0 bridgehead atoms. The molecule has 0 amide bonds. The molecule has 3 unspecified atom stereocenters. The quantitative estimate of drug-likeness (QED) is 0.826. The van der Waals surface area contributed by atoms with Gasteiger partial charge in [0.05, 0.1) is 6.61 Å². The number of hydrogen-bond donors (Lipinski definition) is 1. The fourth-order valence-electron chi connectivity index (χ4n) is 3.92. The van der Waals surface area contributed by atoms with Gasteiger partial charge in [-0.1, -0.05) is 6.92 Å². The van der Waals surface area contributed by atoms with E-state index in [9.17, 15) is 0 Å². The molecule has 1 N–H and O–H groups in total. The molecule has 0 aromatic heterocycles. The minimum atomic E-state index is 0.374. The second-order valence-electron chi connectivity index (χ2n) is 7.43. The minimum Gasteiger partial charge on any atom is -0.381 e. The summed E-state index contributed by atoms with van der Waals surface area (Å²) in [5, 5.41) is 3.76. The van der Waals surface area contributed by atoms with E-state index in [0.717, 1.165) is 37.8 Å². The van der Waals surface area contributed by atoms with E-state index in [0.29, 0.717) is 5.41 Å². The Labute approximate surface area is 118 Å². The first-order valence-corrected chi connectivity index (χ1v) is 8.22. The molecule has 3 fully saturated rings. The van der Waals surface area contributed by atoms with Crippen molar-refractivity contribution in [2.45, 2.75) is 58.0 Å². The number of rotatable bonds is 5. The molecule has 2 aliphatic heterocycles. The molecule has 1 aliphatic carbocycles. The zero-order valence-electron chi connectivity index (χ0n) is 12.7. The van der Waals surface area contributed by atoms with E-state index in [1.807, 2.05) is 0 Å².